The Kier molecular flexibility index (Phi) is 5.08. The van der Waals surface area contributed by atoms with Crippen LogP contribution in [0.15, 0.2) is 12.4 Å². The molecule has 1 aliphatic heterocycles. The van der Waals surface area contributed by atoms with Gasteiger partial charge in [0.05, 0.1) is 11.4 Å². The Morgan fingerprint density at radius 2 is 2.00 bits per heavy atom. The van der Waals surface area contributed by atoms with Crippen LogP contribution < -0.4 is 5.32 Å². The molecule has 0 spiro atoms. The van der Waals surface area contributed by atoms with Crippen LogP contribution >= 0.6 is 0 Å². The van der Waals surface area contributed by atoms with Crippen molar-refractivity contribution in [3.63, 3.8) is 0 Å². The van der Waals surface area contributed by atoms with Gasteiger partial charge < -0.3 is 10.2 Å². The summed E-state index contributed by atoms with van der Waals surface area (Å²) in [6.45, 7) is 8.67. The standard InChI is InChI=1S/C14H24N4/c1-12-8-17-14(9-15-12)10-16-13(2)11-18-6-4-3-5-7-18/h8-9,13,16H,3-7,10-11H2,1-2H3. The van der Waals surface area contributed by atoms with Crippen molar-refractivity contribution in [3.05, 3.63) is 23.8 Å². The summed E-state index contributed by atoms with van der Waals surface area (Å²) in [5.74, 6) is 0. The second-order valence-electron chi connectivity index (χ2n) is 5.29. The van der Waals surface area contributed by atoms with Crippen LogP contribution in [-0.4, -0.2) is 40.5 Å². The Labute approximate surface area is 110 Å². The first-order chi connectivity index (χ1) is 8.74. The highest BCUT2D eigenvalue weighted by Gasteiger charge is 2.12. The summed E-state index contributed by atoms with van der Waals surface area (Å²) in [6, 6.07) is 0.506. The van der Waals surface area contributed by atoms with E-state index in [4.69, 9.17) is 0 Å². The molecule has 1 aliphatic rings. The summed E-state index contributed by atoms with van der Waals surface area (Å²) in [5, 5.41) is 3.52. The minimum Gasteiger partial charge on any atom is -0.307 e. The summed E-state index contributed by atoms with van der Waals surface area (Å²) in [4.78, 5) is 11.2. The van der Waals surface area contributed by atoms with Crippen molar-refractivity contribution in [2.45, 2.75) is 45.7 Å². The van der Waals surface area contributed by atoms with Crippen LogP contribution in [0.5, 0.6) is 0 Å². The maximum absolute atomic E-state index is 4.36. The lowest BCUT2D eigenvalue weighted by Crippen LogP contribution is -2.41. The van der Waals surface area contributed by atoms with Crippen LogP contribution in [0, 0.1) is 6.92 Å². The SMILES string of the molecule is Cc1cnc(CNC(C)CN2CCCCC2)cn1. The number of nitrogens with zero attached hydrogens (tertiary/aromatic N) is 3. The van der Waals surface area contributed by atoms with E-state index >= 15 is 0 Å². The van der Waals surface area contributed by atoms with Gasteiger partial charge in [0.2, 0.25) is 0 Å². The van der Waals surface area contributed by atoms with Crippen LogP contribution in [-0.2, 0) is 6.54 Å². The molecule has 0 saturated carbocycles. The molecule has 1 saturated heterocycles. The number of likely N-dealkylation sites (tertiary alicyclic amines) is 1. The lowest BCUT2D eigenvalue weighted by molar-refractivity contribution is 0.208. The normalized spacial score (nSPS) is 18.8. The molecule has 4 heteroatoms. The summed E-state index contributed by atoms with van der Waals surface area (Å²) in [7, 11) is 0. The lowest BCUT2D eigenvalue weighted by Gasteiger charge is -2.29. The number of piperidine rings is 1. The zero-order valence-corrected chi connectivity index (χ0v) is 11.5. The third kappa shape index (κ3) is 4.35. The van der Waals surface area contributed by atoms with Crippen molar-refractivity contribution in [1.82, 2.24) is 20.2 Å². The van der Waals surface area contributed by atoms with Crippen LogP contribution in [0.1, 0.15) is 37.6 Å². The monoisotopic (exact) mass is 248 g/mol. The van der Waals surface area contributed by atoms with E-state index in [1.807, 2.05) is 19.3 Å². The van der Waals surface area contributed by atoms with Gasteiger partial charge in [-0.2, -0.15) is 0 Å². The molecule has 2 heterocycles. The summed E-state index contributed by atoms with van der Waals surface area (Å²) < 4.78 is 0. The molecule has 0 amide bonds. The molecular weight excluding hydrogens is 224 g/mol. The second-order valence-corrected chi connectivity index (χ2v) is 5.29. The first kappa shape index (κ1) is 13.4. The summed E-state index contributed by atoms with van der Waals surface area (Å²) in [5.41, 5.74) is 1.99. The Balaban J connectivity index is 1.70. The van der Waals surface area contributed by atoms with Crippen molar-refractivity contribution in [2.75, 3.05) is 19.6 Å². The summed E-state index contributed by atoms with van der Waals surface area (Å²) >= 11 is 0. The van der Waals surface area contributed by atoms with E-state index < -0.39 is 0 Å². The highest BCUT2D eigenvalue weighted by atomic mass is 15.1. The van der Waals surface area contributed by atoms with Gasteiger partial charge in [-0.1, -0.05) is 6.42 Å². The molecule has 1 N–H and O–H groups in total. The van der Waals surface area contributed by atoms with Gasteiger partial charge in [0.15, 0.2) is 0 Å². The Bertz CT molecular complexity index is 343. The molecule has 4 nitrogen and oxygen atoms in total. The fraction of sp³-hybridized carbons (Fsp3) is 0.714. The summed E-state index contributed by atoms with van der Waals surface area (Å²) in [6.07, 6.45) is 7.80. The molecule has 1 aromatic heterocycles. The van der Waals surface area contributed by atoms with Crippen LogP contribution in [0.3, 0.4) is 0 Å². The third-order valence-electron chi connectivity index (χ3n) is 3.45. The Morgan fingerprint density at radius 3 is 2.67 bits per heavy atom. The minimum atomic E-state index is 0.506. The van der Waals surface area contributed by atoms with Gasteiger partial charge in [0.25, 0.3) is 0 Å². The number of rotatable bonds is 5. The lowest BCUT2D eigenvalue weighted by atomic mass is 10.1. The van der Waals surface area contributed by atoms with E-state index in [0.717, 1.165) is 24.5 Å². The maximum atomic E-state index is 4.36. The maximum Gasteiger partial charge on any atom is 0.0724 e. The van der Waals surface area contributed by atoms with E-state index in [1.54, 1.807) is 0 Å². The third-order valence-corrected chi connectivity index (χ3v) is 3.45. The van der Waals surface area contributed by atoms with Gasteiger partial charge in [-0.15, -0.1) is 0 Å². The fourth-order valence-corrected chi connectivity index (χ4v) is 2.38. The topological polar surface area (TPSA) is 41.1 Å². The van der Waals surface area contributed by atoms with Crippen LogP contribution in [0.4, 0.5) is 0 Å². The first-order valence-electron chi connectivity index (χ1n) is 6.97. The molecule has 100 valence electrons. The molecular formula is C14H24N4. The van der Waals surface area contributed by atoms with Gasteiger partial charge in [-0.25, -0.2) is 0 Å². The first-order valence-corrected chi connectivity index (χ1v) is 6.97. The van der Waals surface area contributed by atoms with Gasteiger partial charge in [-0.05, 0) is 39.8 Å². The van der Waals surface area contributed by atoms with Gasteiger partial charge in [0.1, 0.15) is 0 Å². The Morgan fingerprint density at radius 1 is 1.22 bits per heavy atom. The minimum absolute atomic E-state index is 0.506. The largest absolute Gasteiger partial charge is 0.307 e. The number of aryl methyl sites for hydroxylation is 1. The van der Waals surface area contributed by atoms with Crippen LogP contribution in [0.25, 0.3) is 0 Å². The smallest absolute Gasteiger partial charge is 0.0724 e. The molecule has 0 aliphatic carbocycles. The van der Waals surface area contributed by atoms with Crippen molar-refractivity contribution in [2.24, 2.45) is 0 Å². The van der Waals surface area contributed by atoms with Gasteiger partial charge >= 0.3 is 0 Å². The predicted molar refractivity (Wildman–Crippen MR) is 73.4 cm³/mol. The van der Waals surface area contributed by atoms with Crippen molar-refractivity contribution < 1.29 is 0 Å². The number of nitrogens with one attached hydrogen (secondary N) is 1. The molecule has 0 aromatic carbocycles. The number of hydrogen-bond donors (Lipinski definition) is 1. The average Bonchev–Trinajstić information content (AvgIpc) is 2.39. The van der Waals surface area contributed by atoms with E-state index in [1.165, 1.54) is 32.4 Å². The molecule has 1 aromatic rings. The van der Waals surface area contributed by atoms with Crippen molar-refractivity contribution in [3.8, 4) is 0 Å². The Hall–Kier alpha value is -1.00. The molecule has 1 atom stereocenters. The van der Waals surface area contributed by atoms with E-state index in [9.17, 15) is 0 Å². The second kappa shape index (κ2) is 6.81. The molecule has 1 fully saturated rings. The molecule has 0 radical (unpaired) electrons. The molecule has 1 unspecified atom stereocenters. The molecule has 18 heavy (non-hydrogen) atoms. The zero-order valence-electron chi connectivity index (χ0n) is 11.5. The molecule has 2 rings (SSSR count). The fourth-order valence-electron chi connectivity index (χ4n) is 2.38. The number of hydrogen-bond acceptors (Lipinski definition) is 4. The van der Waals surface area contributed by atoms with Gasteiger partial charge in [0, 0.05) is 31.5 Å². The predicted octanol–water partition coefficient (Wildman–Crippen LogP) is 1.75. The quantitative estimate of drug-likeness (QED) is 0.862. The zero-order chi connectivity index (χ0) is 12.8. The van der Waals surface area contributed by atoms with Crippen molar-refractivity contribution >= 4 is 0 Å². The number of aromatic nitrogens is 2. The van der Waals surface area contributed by atoms with Crippen molar-refractivity contribution in [1.29, 1.82) is 0 Å². The van der Waals surface area contributed by atoms with E-state index in [2.05, 4.69) is 27.1 Å². The van der Waals surface area contributed by atoms with E-state index in [0.29, 0.717) is 6.04 Å². The highest BCUT2D eigenvalue weighted by molar-refractivity contribution is 5.00. The highest BCUT2D eigenvalue weighted by Crippen LogP contribution is 2.08. The van der Waals surface area contributed by atoms with Crippen LogP contribution in [0.2, 0.25) is 0 Å². The molecule has 0 bridgehead atoms. The van der Waals surface area contributed by atoms with Gasteiger partial charge in [-0.3, -0.25) is 9.97 Å². The van der Waals surface area contributed by atoms with E-state index in [-0.39, 0.29) is 0 Å². The average molecular weight is 248 g/mol.